The molecule has 1 amide bonds. The molecule has 3 heterocycles. The van der Waals surface area contributed by atoms with Crippen LogP contribution in [0.15, 0.2) is 47.3 Å². The minimum atomic E-state index is -0.482. The molecule has 1 aromatic heterocycles. The predicted octanol–water partition coefficient (Wildman–Crippen LogP) is 2.25. The van der Waals surface area contributed by atoms with Crippen LogP contribution in [0.1, 0.15) is 28.4 Å². The van der Waals surface area contributed by atoms with Gasteiger partial charge in [0.25, 0.3) is 11.5 Å². The van der Waals surface area contributed by atoms with Gasteiger partial charge in [-0.05, 0) is 30.5 Å². The van der Waals surface area contributed by atoms with Crippen LogP contribution in [0.4, 0.5) is 4.39 Å². The van der Waals surface area contributed by atoms with E-state index in [0.717, 1.165) is 12.1 Å². The Balaban J connectivity index is 1.65. The fourth-order valence-electron chi connectivity index (χ4n) is 3.87. The van der Waals surface area contributed by atoms with E-state index in [-0.39, 0.29) is 28.9 Å². The number of nitrogens with zero attached hydrogens (tertiary/aromatic N) is 2. The van der Waals surface area contributed by atoms with Gasteiger partial charge in [0, 0.05) is 37.3 Å². The zero-order valence-corrected chi connectivity index (χ0v) is 12.6. The SMILES string of the molecule is O=C(c1ccccc1F)N1C[C@@H]2C[C@@H](C1)c1cccc(=O)n1C2. The van der Waals surface area contributed by atoms with Crippen molar-refractivity contribution in [3.8, 4) is 0 Å². The molecular formula is C18H17FN2O2. The molecule has 0 aliphatic carbocycles. The summed E-state index contributed by atoms with van der Waals surface area (Å²) in [5.41, 5.74) is 1.13. The first-order chi connectivity index (χ1) is 11.1. The molecule has 0 spiro atoms. The number of rotatable bonds is 1. The molecule has 4 nitrogen and oxygen atoms in total. The van der Waals surface area contributed by atoms with Crippen molar-refractivity contribution >= 4 is 5.91 Å². The third-order valence-electron chi connectivity index (χ3n) is 4.87. The Morgan fingerprint density at radius 3 is 2.70 bits per heavy atom. The molecule has 1 saturated heterocycles. The van der Waals surface area contributed by atoms with Gasteiger partial charge in [0.05, 0.1) is 5.56 Å². The van der Waals surface area contributed by atoms with Gasteiger partial charge in [0.1, 0.15) is 5.82 Å². The van der Waals surface area contributed by atoms with Crippen LogP contribution in [0.2, 0.25) is 0 Å². The average Bonchev–Trinajstić information content (AvgIpc) is 2.55. The second-order valence-corrected chi connectivity index (χ2v) is 6.39. The molecule has 0 unspecified atom stereocenters. The van der Waals surface area contributed by atoms with Crippen molar-refractivity contribution in [3.05, 3.63) is 69.9 Å². The Morgan fingerprint density at radius 1 is 1.04 bits per heavy atom. The van der Waals surface area contributed by atoms with Crippen LogP contribution in [-0.4, -0.2) is 28.5 Å². The second kappa shape index (κ2) is 5.33. The van der Waals surface area contributed by atoms with E-state index in [2.05, 4.69) is 0 Å². The predicted molar refractivity (Wildman–Crippen MR) is 83.9 cm³/mol. The molecule has 2 atom stereocenters. The van der Waals surface area contributed by atoms with Crippen molar-refractivity contribution < 1.29 is 9.18 Å². The summed E-state index contributed by atoms with van der Waals surface area (Å²) >= 11 is 0. The Morgan fingerprint density at radius 2 is 1.87 bits per heavy atom. The lowest BCUT2D eigenvalue weighted by Crippen LogP contribution is -2.49. The van der Waals surface area contributed by atoms with Gasteiger partial charge in [0.15, 0.2) is 0 Å². The molecule has 2 aromatic rings. The van der Waals surface area contributed by atoms with Crippen molar-refractivity contribution in [2.24, 2.45) is 5.92 Å². The van der Waals surface area contributed by atoms with Gasteiger partial charge in [0.2, 0.25) is 0 Å². The molecule has 118 valence electrons. The number of hydrogen-bond acceptors (Lipinski definition) is 2. The third-order valence-corrected chi connectivity index (χ3v) is 4.87. The Labute approximate surface area is 133 Å². The summed E-state index contributed by atoms with van der Waals surface area (Å²) in [6.07, 6.45) is 0.977. The van der Waals surface area contributed by atoms with Crippen LogP contribution in [0, 0.1) is 11.7 Å². The van der Waals surface area contributed by atoms with Gasteiger partial charge in [-0.2, -0.15) is 0 Å². The molecule has 5 heteroatoms. The number of hydrogen-bond donors (Lipinski definition) is 0. The Bertz CT molecular complexity index is 830. The molecule has 0 radical (unpaired) electrons. The van der Waals surface area contributed by atoms with Gasteiger partial charge >= 0.3 is 0 Å². The zero-order valence-electron chi connectivity index (χ0n) is 12.6. The largest absolute Gasteiger partial charge is 0.338 e. The molecule has 23 heavy (non-hydrogen) atoms. The van der Waals surface area contributed by atoms with E-state index in [0.29, 0.717) is 19.6 Å². The van der Waals surface area contributed by atoms with E-state index in [1.807, 2.05) is 10.6 Å². The van der Waals surface area contributed by atoms with Crippen LogP contribution in [0.25, 0.3) is 0 Å². The first-order valence-electron chi connectivity index (χ1n) is 7.87. The molecule has 1 aromatic carbocycles. The van der Waals surface area contributed by atoms with E-state index < -0.39 is 5.82 Å². The Hall–Kier alpha value is -2.43. The summed E-state index contributed by atoms with van der Waals surface area (Å²) in [4.78, 5) is 26.4. The highest BCUT2D eigenvalue weighted by molar-refractivity contribution is 5.94. The van der Waals surface area contributed by atoms with Crippen LogP contribution in [-0.2, 0) is 6.54 Å². The van der Waals surface area contributed by atoms with Crippen molar-refractivity contribution in [2.45, 2.75) is 18.9 Å². The molecule has 0 saturated carbocycles. The lowest BCUT2D eigenvalue weighted by molar-refractivity contribution is 0.0590. The highest BCUT2D eigenvalue weighted by Crippen LogP contribution is 2.35. The first kappa shape index (κ1) is 14.2. The number of halogens is 1. The number of aromatic nitrogens is 1. The van der Waals surface area contributed by atoms with E-state index in [4.69, 9.17) is 0 Å². The molecular weight excluding hydrogens is 295 g/mol. The van der Waals surface area contributed by atoms with Crippen molar-refractivity contribution in [1.29, 1.82) is 0 Å². The Kier molecular flexibility index (Phi) is 3.29. The number of benzene rings is 1. The number of carbonyl (C=O) groups is 1. The first-order valence-corrected chi connectivity index (χ1v) is 7.87. The zero-order chi connectivity index (χ0) is 16.0. The van der Waals surface area contributed by atoms with Crippen LogP contribution >= 0.6 is 0 Å². The summed E-state index contributed by atoms with van der Waals surface area (Å²) in [6, 6.07) is 11.4. The van der Waals surface area contributed by atoms with Crippen molar-refractivity contribution in [1.82, 2.24) is 9.47 Å². The summed E-state index contributed by atoms with van der Waals surface area (Å²) in [7, 11) is 0. The smallest absolute Gasteiger partial charge is 0.256 e. The van der Waals surface area contributed by atoms with Gasteiger partial charge in [-0.1, -0.05) is 18.2 Å². The molecule has 2 bridgehead atoms. The monoisotopic (exact) mass is 312 g/mol. The molecule has 4 rings (SSSR count). The summed E-state index contributed by atoms with van der Waals surface area (Å²) in [5.74, 6) is -0.349. The lowest BCUT2D eigenvalue weighted by atomic mass is 9.83. The second-order valence-electron chi connectivity index (χ2n) is 6.39. The number of piperidine rings is 1. The third kappa shape index (κ3) is 2.36. The van der Waals surface area contributed by atoms with E-state index in [1.54, 1.807) is 29.2 Å². The summed E-state index contributed by atoms with van der Waals surface area (Å²) < 4.78 is 15.7. The molecule has 0 N–H and O–H groups in total. The van der Waals surface area contributed by atoms with Gasteiger partial charge in [-0.15, -0.1) is 0 Å². The van der Waals surface area contributed by atoms with Crippen LogP contribution < -0.4 is 5.56 Å². The number of amides is 1. The highest BCUT2D eigenvalue weighted by Gasteiger charge is 2.36. The molecule has 2 aliphatic rings. The van der Waals surface area contributed by atoms with Crippen LogP contribution in [0.3, 0.4) is 0 Å². The van der Waals surface area contributed by atoms with Gasteiger partial charge < -0.3 is 9.47 Å². The van der Waals surface area contributed by atoms with E-state index in [9.17, 15) is 14.0 Å². The fourth-order valence-corrected chi connectivity index (χ4v) is 3.87. The van der Waals surface area contributed by atoms with Crippen LogP contribution in [0.5, 0.6) is 0 Å². The quantitative estimate of drug-likeness (QED) is 0.810. The maximum absolute atomic E-state index is 13.9. The van der Waals surface area contributed by atoms with Crippen molar-refractivity contribution in [2.75, 3.05) is 13.1 Å². The minimum absolute atomic E-state index is 0.0195. The lowest BCUT2D eigenvalue weighted by Gasteiger charge is -2.42. The number of fused-ring (bicyclic) bond motifs is 4. The number of likely N-dealkylation sites (tertiary alicyclic amines) is 1. The van der Waals surface area contributed by atoms with E-state index in [1.165, 1.54) is 12.1 Å². The standard InChI is InChI=1S/C18H17FN2O2/c19-15-5-2-1-4-14(15)18(23)20-9-12-8-13(11-20)16-6-3-7-17(22)21(16)10-12/h1-7,12-13H,8-11H2/t12-,13-/m0/s1. The van der Waals surface area contributed by atoms with Crippen molar-refractivity contribution in [3.63, 3.8) is 0 Å². The topological polar surface area (TPSA) is 42.3 Å². The maximum Gasteiger partial charge on any atom is 0.256 e. The fraction of sp³-hybridized carbons (Fsp3) is 0.333. The van der Waals surface area contributed by atoms with E-state index >= 15 is 0 Å². The summed E-state index contributed by atoms with van der Waals surface area (Å²) in [5, 5.41) is 0. The van der Waals surface area contributed by atoms with Gasteiger partial charge in [-0.25, -0.2) is 4.39 Å². The normalized spacial score (nSPS) is 22.6. The molecule has 2 aliphatic heterocycles. The maximum atomic E-state index is 13.9. The molecule has 1 fully saturated rings. The van der Waals surface area contributed by atoms with Gasteiger partial charge in [-0.3, -0.25) is 9.59 Å². The average molecular weight is 312 g/mol. The number of carbonyl (C=O) groups excluding carboxylic acids is 1. The number of pyridine rings is 1. The summed E-state index contributed by atoms with van der Waals surface area (Å²) in [6.45, 7) is 1.74. The highest BCUT2D eigenvalue weighted by atomic mass is 19.1. The minimum Gasteiger partial charge on any atom is -0.338 e.